The fourth-order valence-electron chi connectivity index (χ4n) is 1.11. The molecule has 0 aliphatic heterocycles. The second kappa shape index (κ2) is 4.89. The van der Waals surface area contributed by atoms with Gasteiger partial charge in [0.15, 0.2) is 11.6 Å². The fraction of sp³-hybridized carbons (Fsp3) is 0.273. The topological polar surface area (TPSA) is 35.2 Å². The van der Waals surface area contributed by atoms with Crippen molar-refractivity contribution in [3.63, 3.8) is 0 Å². The molecule has 0 aliphatic rings. The normalized spacial score (nSPS) is 13.1. The number of methoxy groups -OCH3 is 1. The van der Waals surface area contributed by atoms with Gasteiger partial charge in [-0.25, -0.2) is 8.78 Å². The number of hydrogen-bond acceptors (Lipinski definition) is 2. The van der Waals surface area contributed by atoms with Crippen molar-refractivity contribution in [3.8, 4) is 5.75 Å². The largest absolute Gasteiger partial charge is 0.496 e. The number of hydrogen-bond donors (Lipinski definition) is 1. The SMILES string of the molecule is COc1cc(F)c(F)cc1/C=C/C(C)N. The molecule has 0 radical (unpaired) electrons. The van der Waals surface area contributed by atoms with Crippen LogP contribution in [-0.2, 0) is 0 Å². The smallest absolute Gasteiger partial charge is 0.162 e. The Morgan fingerprint density at radius 1 is 1.33 bits per heavy atom. The van der Waals surface area contributed by atoms with Crippen LogP contribution in [0.15, 0.2) is 18.2 Å². The van der Waals surface area contributed by atoms with E-state index in [4.69, 9.17) is 10.5 Å². The molecular formula is C11H13F2NO. The molecule has 4 heteroatoms. The van der Waals surface area contributed by atoms with Gasteiger partial charge in [-0.2, -0.15) is 0 Å². The van der Waals surface area contributed by atoms with Crippen LogP contribution in [-0.4, -0.2) is 13.2 Å². The first-order chi connectivity index (χ1) is 7.04. The Morgan fingerprint density at radius 2 is 1.93 bits per heavy atom. The molecule has 1 rings (SSSR count). The minimum atomic E-state index is -0.926. The van der Waals surface area contributed by atoms with Crippen LogP contribution < -0.4 is 10.5 Å². The molecule has 1 aromatic rings. The molecule has 15 heavy (non-hydrogen) atoms. The van der Waals surface area contributed by atoms with Crippen molar-refractivity contribution in [2.75, 3.05) is 7.11 Å². The van der Waals surface area contributed by atoms with E-state index in [1.807, 2.05) is 0 Å². The lowest BCUT2D eigenvalue weighted by Crippen LogP contribution is -2.10. The molecule has 82 valence electrons. The van der Waals surface area contributed by atoms with Gasteiger partial charge >= 0.3 is 0 Å². The Kier molecular flexibility index (Phi) is 3.80. The van der Waals surface area contributed by atoms with E-state index in [0.29, 0.717) is 5.56 Å². The van der Waals surface area contributed by atoms with Gasteiger partial charge in [0.25, 0.3) is 0 Å². The number of ether oxygens (including phenoxy) is 1. The molecule has 0 saturated carbocycles. The van der Waals surface area contributed by atoms with Crippen molar-refractivity contribution >= 4 is 6.08 Å². The number of benzene rings is 1. The lowest BCUT2D eigenvalue weighted by molar-refractivity contribution is 0.405. The monoisotopic (exact) mass is 213 g/mol. The zero-order valence-corrected chi connectivity index (χ0v) is 8.63. The van der Waals surface area contributed by atoms with E-state index < -0.39 is 11.6 Å². The number of rotatable bonds is 3. The predicted octanol–water partition coefficient (Wildman–Crippen LogP) is 2.33. The van der Waals surface area contributed by atoms with Crippen molar-refractivity contribution in [3.05, 3.63) is 35.4 Å². The van der Waals surface area contributed by atoms with Gasteiger partial charge in [0.2, 0.25) is 0 Å². The Bertz CT molecular complexity index is 375. The van der Waals surface area contributed by atoms with Crippen LogP contribution in [0.2, 0.25) is 0 Å². The highest BCUT2D eigenvalue weighted by Crippen LogP contribution is 2.23. The molecule has 2 nitrogen and oxygen atoms in total. The van der Waals surface area contributed by atoms with E-state index in [1.54, 1.807) is 19.1 Å². The van der Waals surface area contributed by atoms with Gasteiger partial charge in [-0.3, -0.25) is 0 Å². The molecule has 0 saturated heterocycles. The zero-order valence-electron chi connectivity index (χ0n) is 8.63. The summed E-state index contributed by atoms with van der Waals surface area (Å²) in [5.41, 5.74) is 5.97. The van der Waals surface area contributed by atoms with E-state index in [0.717, 1.165) is 12.1 Å². The van der Waals surface area contributed by atoms with Crippen LogP contribution in [0.25, 0.3) is 6.08 Å². The van der Waals surface area contributed by atoms with E-state index in [9.17, 15) is 8.78 Å². The number of halogens is 2. The summed E-state index contributed by atoms with van der Waals surface area (Å²) in [6, 6.07) is 1.94. The maximum absolute atomic E-state index is 12.9. The van der Waals surface area contributed by atoms with Gasteiger partial charge < -0.3 is 10.5 Å². The Morgan fingerprint density at radius 3 is 2.47 bits per heavy atom. The molecule has 0 heterocycles. The van der Waals surface area contributed by atoms with Gasteiger partial charge in [0, 0.05) is 17.7 Å². The van der Waals surface area contributed by atoms with Crippen molar-refractivity contribution < 1.29 is 13.5 Å². The first-order valence-corrected chi connectivity index (χ1v) is 4.51. The highest BCUT2D eigenvalue weighted by molar-refractivity contribution is 5.57. The molecule has 0 aromatic heterocycles. The first kappa shape index (κ1) is 11.7. The highest BCUT2D eigenvalue weighted by Gasteiger charge is 2.07. The van der Waals surface area contributed by atoms with Gasteiger partial charge in [-0.1, -0.05) is 12.2 Å². The first-order valence-electron chi connectivity index (χ1n) is 4.51. The average molecular weight is 213 g/mol. The third kappa shape index (κ3) is 3.02. The molecule has 2 N–H and O–H groups in total. The van der Waals surface area contributed by atoms with Gasteiger partial charge in [0.1, 0.15) is 5.75 Å². The summed E-state index contributed by atoms with van der Waals surface area (Å²) >= 11 is 0. The molecule has 0 aliphatic carbocycles. The number of nitrogens with two attached hydrogens (primary N) is 1. The van der Waals surface area contributed by atoms with Crippen LogP contribution in [0.5, 0.6) is 5.75 Å². The molecule has 1 unspecified atom stereocenters. The lowest BCUT2D eigenvalue weighted by atomic mass is 10.1. The van der Waals surface area contributed by atoms with Crippen molar-refractivity contribution in [2.45, 2.75) is 13.0 Å². The van der Waals surface area contributed by atoms with E-state index >= 15 is 0 Å². The maximum atomic E-state index is 12.9. The molecule has 0 bridgehead atoms. The summed E-state index contributed by atoms with van der Waals surface area (Å²) in [4.78, 5) is 0. The van der Waals surface area contributed by atoms with Crippen molar-refractivity contribution in [1.29, 1.82) is 0 Å². The Balaban J connectivity index is 3.10. The minimum absolute atomic E-state index is 0.150. The average Bonchev–Trinajstić information content (AvgIpc) is 2.19. The predicted molar refractivity (Wildman–Crippen MR) is 55.6 cm³/mol. The molecule has 1 aromatic carbocycles. The van der Waals surface area contributed by atoms with Crippen molar-refractivity contribution in [2.24, 2.45) is 5.73 Å². The Labute approximate surface area is 87.4 Å². The van der Waals surface area contributed by atoms with Crippen LogP contribution in [0, 0.1) is 11.6 Å². The molecule has 0 fully saturated rings. The second-order valence-electron chi connectivity index (χ2n) is 3.23. The van der Waals surface area contributed by atoms with Gasteiger partial charge in [-0.15, -0.1) is 0 Å². The van der Waals surface area contributed by atoms with Gasteiger partial charge in [0.05, 0.1) is 7.11 Å². The second-order valence-corrected chi connectivity index (χ2v) is 3.23. The maximum Gasteiger partial charge on any atom is 0.162 e. The third-order valence-electron chi connectivity index (χ3n) is 1.85. The van der Waals surface area contributed by atoms with Crippen LogP contribution in [0.1, 0.15) is 12.5 Å². The summed E-state index contributed by atoms with van der Waals surface area (Å²) in [5, 5.41) is 0. The summed E-state index contributed by atoms with van der Waals surface area (Å²) in [6.07, 6.45) is 3.28. The Hall–Kier alpha value is -1.42. The molecule has 0 spiro atoms. The standard InChI is InChI=1S/C11H13F2NO/c1-7(14)3-4-8-5-9(12)10(13)6-11(8)15-2/h3-7H,14H2,1-2H3/b4-3+. The fourth-order valence-corrected chi connectivity index (χ4v) is 1.11. The molecular weight excluding hydrogens is 200 g/mol. The van der Waals surface area contributed by atoms with E-state index in [-0.39, 0.29) is 11.8 Å². The lowest BCUT2D eigenvalue weighted by Gasteiger charge is -2.05. The van der Waals surface area contributed by atoms with Crippen LogP contribution in [0.3, 0.4) is 0 Å². The zero-order chi connectivity index (χ0) is 11.4. The molecule has 0 amide bonds. The summed E-state index contributed by atoms with van der Waals surface area (Å²) in [7, 11) is 1.40. The van der Waals surface area contributed by atoms with Gasteiger partial charge in [-0.05, 0) is 13.0 Å². The van der Waals surface area contributed by atoms with Crippen LogP contribution in [0.4, 0.5) is 8.78 Å². The third-order valence-corrected chi connectivity index (χ3v) is 1.85. The van der Waals surface area contributed by atoms with Crippen LogP contribution >= 0.6 is 0 Å². The van der Waals surface area contributed by atoms with Crippen molar-refractivity contribution in [1.82, 2.24) is 0 Å². The summed E-state index contributed by atoms with van der Waals surface area (Å²) in [5.74, 6) is -1.55. The summed E-state index contributed by atoms with van der Waals surface area (Å²) < 4.78 is 30.7. The highest BCUT2D eigenvalue weighted by atomic mass is 19.2. The minimum Gasteiger partial charge on any atom is -0.496 e. The summed E-state index contributed by atoms with van der Waals surface area (Å²) in [6.45, 7) is 1.78. The van der Waals surface area contributed by atoms with E-state index in [1.165, 1.54) is 7.11 Å². The van der Waals surface area contributed by atoms with E-state index in [2.05, 4.69) is 0 Å². The quantitative estimate of drug-likeness (QED) is 0.836. The molecule has 1 atom stereocenters.